The normalized spacial score (nSPS) is 21.4. The van der Waals surface area contributed by atoms with Crippen LogP contribution in [0.1, 0.15) is 13.8 Å². The molecule has 0 aromatic rings. The number of likely N-dealkylation sites (N-methyl/N-ethyl adjacent to an activating group) is 2. The van der Waals surface area contributed by atoms with Crippen molar-refractivity contribution in [2.75, 3.05) is 39.8 Å². The van der Waals surface area contributed by atoms with Crippen LogP contribution in [0.3, 0.4) is 0 Å². The first-order chi connectivity index (χ1) is 7.67. The van der Waals surface area contributed by atoms with Crippen LogP contribution in [0, 0.1) is 0 Å². The molecule has 5 nitrogen and oxygen atoms in total. The molecule has 0 saturated carbocycles. The minimum atomic E-state index is -0.308. The number of ether oxygens (including phenoxy) is 1. The third-order valence-corrected chi connectivity index (χ3v) is 2.97. The predicted molar refractivity (Wildman–Crippen MR) is 77.9 cm³/mol. The lowest BCUT2D eigenvalue weighted by Crippen LogP contribution is -2.51. The van der Waals surface area contributed by atoms with Crippen molar-refractivity contribution in [2.45, 2.75) is 26.0 Å². The van der Waals surface area contributed by atoms with E-state index in [9.17, 15) is 4.79 Å². The van der Waals surface area contributed by atoms with E-state index in [0.29, 0.717) is 19.7 Å². The second-order valence-corrected chi connectivity index (χ2v) is 4.19. The van der Waals surface area contributed by atoms with Crippen molar-refractivity contribution in [2.24, 2.45) is 0 Å². The quantitative estimate of drug-likeness (QED) is 0.766. The largest absolute Gasteiger partial charge is 0.366 e. The molecular weight excluding hydrogens is 277 g/mol. The van der Waals surface area contributed by atoms with Crippen LogP contribution < -0.4 is 10.6 Å². The summed E-state index contributed by atoms with van der Waals surface area (Å²) >= 11 is 0. The fourth-order valence-corrected chi connectivity index (χ4v) is 1.62. The minimum Gasteiger partial charge on any atom is -0.366 e. The van der Waals surface area contributed by atoms with E-state index in [-0.39, 0.29) is 42.9 Å². The Bertz CT molecular complexity index is 232. The predicted octanol–water partition coefficient (Wildman–Crippen LogP) is 0.275. The molecular formula is C11H25Cl2N3O2. The average Bonchev–Trinajstić information content (AvgIpc) is 2.35. The number of nitrogens with one attached hydrogen (secondary N) is 2. The van der Waals surface area contributed by atoms with Gasteiger partial charge in [0.1, 0.15) is 6.10 Å². The molecule has 110 valence electrons. The second kappa shape index (κ2) is 10.8. The molecule has 0 aromatic heterocycles. The lowest BCUT2D eigenvalue weighted by Gasteiger charge is -2.31. The van der Waals surface area contributed by atoms with Crippen molar-refractivity contribution in [3.8, 4) is 0 Å². The first-order valence-electron chi connectivity index (χ1n) is 5.96. The van der Waals surface area contributed by atoms with Gasteiger partial charge in [-0.2, -0.15) is 0 Å². The molecule has 1 aliphatic rings. The summed E-state index contributed by atoms with van der Waals surface area (Å²) in [6, 6.07) is 0.287. The molecule has 0 radical (unpaired) electrons. The Morgan fingerprint density at radius 1 is 1.50 bits per heavy atom. The fraction of sp³-hybridized carbons (Fsp3) is 0.909. The fourth-order valence-electron chi connectivity index (χ4n) is 1.62. The number of rotatable bonds is 5. The van der Waals surface area contributed by atoms with Crippen LogP contribution >= 0.6 is 24.8 Å². The van der Waals surface area contributed by atoms with Crippen molar-refractivity contribution in [3.63, 3.8) is 0 Å². The van der Waals surface area contributed by atoms with Crippen molar-refractivity contribution in [3.05, 3.63) is 0 Å². The molecule has 1 saturated heterocycles. The van der Waals surface area contributed by atoms with Crippen LogP contribution in [0.4, 0.5) is 0 Å². The van der Waals surface area contributed by atoms with Gasteiger partial charge in [0.05, 0.1) is 6.61 Å². The van der Waals surface area contributed by atoms with Crippen LogP contribution in [0.15, 0.2) is 0 Å². The van der Waals surface area contributed by atoms with Gasteiger partial charge in [-0.25, -0.2) is 0 Å². The Morgan fingerprint density at radius 2 is 2.17 bits per heavy atom. The number of carbonyl (C=O) groups excluding carboxylic acids is 1. The van der Waals surface area contributed by atoms with Gasteiger partial charge in [-0.3, -0.25) is 9.69 Å². The number of carbonyl (C=O) groups is 1. The Labute approximate surface area is 122 Å². The van der Waals surface area contributed by atoms with Gasteiger partial charge in [-0.1, -0.05) is 6.92 Å². The van der Waals surface area contributed by atoms with Crippen LogP contribution in [-0.4, -0.2) is 62.8 Å². The van der Waals surface area contributed by atoms with E-state index in [1.807, 2.05) is 14.0 Å². The topological polar surface area (TPSA) is 53.6 Å². The molecule has 2 N–H and O–H groups in total. The number of halogens is 2. The molecule has 1 fully saturated rings. The molecule has 1 rings (SSSR count). The second-order valence-electron chi connectivity index (χ2n) is 4.19. The molecule has 2 unspecified atom stereocenters. The smallest absolute Gasteiger partial charge is 0.250 e. The summed E-state index contributed by atoms with van der Waals surface area (Å²) in [6.45, 7) is 8.02. The summed E-state index contributed by atoms with van der Waals surface area (Å²) in [7, 11) is 1.88. The first-order valence-corrected chi connectivity index (χ1v) is 5.96. The Balaban J connectivity index is 0. The SMILES string of the molecule is CCN1CCOC(C(=O)NCC(C)NC)C1.Cl.Cl. The molecule has 18 heavy (non-hydrogen) atoms. The first kappa shape index (κ1) is 20.3. The van der Waals surface area contributed by atoms with Crippen molar-refractivity contribution in [1.29, 1.82) is 0 Å². The highest BCUT2D eigenvalue weighted by molar-refractivity contribution is 5.85. The summed E-state index contributed by atoms with van der Waals surface area (Å²) in [5, 5.41) is 5.97. The minimum absolute atomic E-state index is 0. The van der Waals surface area contributed by atoms with Crippen molar-refractivity contribution >= 4 is 30.7 Å². The van der Waals surface area contributed by atoms with Crippen molar-refractivity contribution < 1.29 is 9.53 Å². The van der Waals surface area contributed by atoms with E-state index in [4.69, 9.17) is 4.74 Å². The van der Waals surface area contributed by atoms with E-state index in [1.165, 1.54) is 0 Å². The maximum atomic E-state index is 11.8. The average molecular weight is 302 g/mol. The lowest BCUT2D eigenvalue weighted by atomic mass is 10.2. The molecule has 1 amide bonds. The van der Waals surface area contributed by atoms with Gasteiger partial charge in [0, 0.05) is 25.7 Å². The highest BCUT2D eigenvalue weighted by Crippen LogP contribution is 2.04. The van der Waals surface area contributed by atoms with Crippen LogP contribution in [0.5, 0.6) is 0 Å². The molecule has 1 aliphatic heterocycles. The van der Waals surface area contributed by atoms with E-state index < -0.39 is 0 Å². The van der Waals surface area contributed by atoms with Gasteiger partial charge < -0.3 is 15.4 Å². The molecule has 0 bridgehead atoms. The Morgan fingerprint density at radius 3 is 2.72 bits per heavy atom. The molecule has 7 heteroatoms. The standard InChI is InChI=1S/C11H23N3O2.2ClH/c1-4-14-5-6-16-10(8-14)11(15)13-7-9(2)12-3;;/h9-10,12H,4-8H2,1-3H3,(H,13,15);2*1H. The highest BCUT2D eigenvalue weighted by atomic mass is 35.5. The zero-order valence-electron chi connectivity index (χ0n) is 11.3. The van der Waals surface area contributed by atoms with E-state index >= 15 is 0 Å². The molecule has 0 aliphatic carbocycles. The summed E-state index contributed by atoms with van der Waals surface area (Å²) in [4.78, 5) is 14.0. The summed E-state index contributed by atoms with van der Waals surface area (Å²) < 4.78 is 5.46. The van der Waals surface area contributed by atoms with Gasteiger partial charge in [0.2, 0.25) is 0 Å². The summed E-state index contributed by atoms with van der Waals surface area (Å²) in [6.07, 6.45) is -0.308. The Hall–Kier alpha value is -0.0700. The third kappa shape index (κ3) is 6.75. The maximum absolute atomic E-state index is 11.8. The van der Waals surface area contributed by atoms with Gasteiger partial charge in [-0.05, 0) is 20.5 Å². The number of hydrogen-bond donors (Lipinski definition) is 2. The molecule has 2 atom stereocenters. The molecule has 1 heterocycles. The van der Waals surface area contributed by atoms with Crippen LogP contribution in [-0.2, 0) is 9.53 Å². The highest BCUT2D eigenvalue weighted by Gasteiger charge is 2.25. The zero-order chi connectivity index (χ0) is 12.0. The number of amides is 1. The lowest BCUT2D eigenvalue weighted by molar-refractivity contribution is -0.138. The third-order valence-electron chi connectivity index (χ3n) is 2.97. The van der Waals surface area contributed by atoms with E-state index in [2.05, 4.69) is 22.5 Å². The van der Waals surface area contributed by atoms with Crippen LogP contribution in [0.25, 0.3) is 0 Å². The summed E-state index contributed by atoms with van der Waals surface area (Å²) in [5.74, 6) is 0.000231. The van der Waals surface area contributed by atoms with Gasteiger partial charge in [0.25, 0.3) is 5.91 Å². The van der Waals surface area contributed by atoms with Gasteiger partial charge in [-0.15, -0.1) is 24.8 Å². The Kier molecular flexibility index (Phi) is 12.2. The van der Waals surface area contributed by atoms with Crippen molar-refractivity contribution in [1.82, 2.24) is 15.5 Å². The monoisotopic (exact) mass is 301 g/mol. The van der Waals surface area contributed by atoms with E-state index in [0.717, 1.165) is 13.1 Å². The van der Waals surface area contributed by atoms with Crippen LogP contribution in [0.2, 0.25) is 0 Å². The van der Waals surface area contributed by atoms with Gasteiger partial charge >= 0.3 is 0 Å². The molecule has 0 aromatic carbocycles. The maximum Gasteiger partial charge on any atom is 0.250 e. The van der Waals surface area contributed by atoms with E-state index in [1.54, 1.807) is 0 Å². The zero-order valence-corrected chi connectivity index (χ0v) is 12.9. The van der Waals surface area contributed by atoms with Gasteiger partial charge in [0.15, 0.2) is 0 Å². The number of nitrogens with zero attached hydrogens (tertiary/aromatic N) is 1. The molecule has 0 spiro atoms. The number of morpholine rings is 1. The summed E-state index contributed by atoms with van der Waals surface area (Å²) in [5.41, 5.74) is 0. The number of hydrogen-bond acceptors (Lipinski definition) is 4.